The summed E-state index contributed by atoms with van der Waals surface area (Å²) in [6, 6.07) is 8.07. The van der Waals surface area contributed by atoms with Crippen molar-refractivity contribution in [2.75, 3.05) is 18.0 Å². The Morgan fingerprint density at radius 2 is 2.17 bits per heavy atom. The molecule has 1 aromatic carbocycles. The van der Waals surface area contributed by atoms with E-state index in [2.05, 4.69) is 20.2 Å². The second kappa shape index (κ2) is 6.10. The number of alkyl carbamates (subject to hydrolysis) is 1. The molecule has 2 heterocycles. The van der Waals surface area contributed by atoms with Crippen LogP contribution in [0.4, 0.5) is 10.7 Å². The van der Waals surface area contributed by atoms with Crippen molar-refractivity contribution < 1.29 is 9.53 Å². The summed E-state index contributed by atoms with van der Waals surface area (Å²) in [5.41, 5.74) is 1.52. The molecule has 0 bridgehead atoms. The quantitative estimate of drug-likeness (QED) is 0.893. The van der Waals surface area contributed by atoms with Gasteiger partial charge in [0.25, 0.3) is 0 Å². The van der Waals surface area contributed by atoms with Crippen molar-refractivity contribution in [3.8, 4) is 0 Å². The smallest absolute Gasteiger partial charge is 0.407 e. The molecule has 2 aromatic rings. The van der Waals surface area contributed by atoms with E-state index in [1.807, 2.05) is 45.0 Å². The van der Waals surface area contributed by atoms with Crippen molar-refractivity contribution in [2.45, 2.75) is 45.3 Å². The van der Waals surface area contributed by atoms with Crippen molar-refractivity contribution in [1.29, 1.82) is 0 Å². The molecule has 1 fully saturated rings. The normalized spacial score (nSPS) is 18.9. The first-order valence-corrected chi connectivity index (χ1v) is 8.10. The molecular weight excluding hydrogens is 292 g/mol. The number of aromatic amines is 1. The number of piperidine rings is 1. The zero-order valence-electron chi connectivity index (χ0n) is 13.9. The topological polar surface area (TPSA) is 70.2 Å². The lowest BCUT2D eigenvalue weighted by molar-refractivity contribution is 0.0500. The van der Waals surface area contributed by atoms with E-state index in [1.165, 1.54) is 0 Å². The number of hydrogen-bond donors (Lipinski definition) is 2. The van der Waals surface area contributed by atoms with Crippen molar-refractivity contribution in [2.24, 2.45) is 0 Å². The number of carbonyl (C=O) groups is 1. The number of ether oxygens (including phenoxy) is 1. The molecule has 0 aliphatic carbocycles. The molecule has 1 saturated heterocycles. The number of nitrogens with zero attached hydrogens (tertiary/aromatic N) is 2. The van der Waals surface area contributed by atoms with Gasteiger partial charge in [0.2, 0.25) is 5.95 Å². The number of nitrogens with one attached hydrogen (secondary N) is 2. The van der Waals surface area contributed by atoms with Crippen LogP contribution in [0.5, 0.6) is 0 Å². The van der Waals surface area contributed by atoms with Gasteiger partial charge in [-0.3, -0.25) is 0 Å². The van der Waals surface area contributed by atoms with E-state index >= 15 is 0 Å². The molecule has 6 nitrogen and oxygen atoms in total. The Hall–Kier alpha value is -2.24. The fourth-order valence-electron chi connectivity index (χ4n) is 2.85. The highest BCUT2D eigenvalue weighted by Gasteiger charge is 2.25. The molecule has 124 valence electrons. The summed E-state index contributed by atoms with van der Waals surface area (Å²) in [5.74, 6) is 0.863. The summed E-state index contributed by atoms with van der Waals surface area (Å²) in [5, 5.41) is 2.96. The standard InChI is InChI=1S/C17H24N4O2/c1-17(2,3)23-16(22)18-12-7-6-10-21(11-12)15-19-13-8-4-5-9-14(13)20-15/h4-5,8-9,12H,6-7,10-11H2,1-3H3,(H,18,22)(H,19,20)/t12-/m1/s1. The number of amides is 1. The fraction of sp³-hybridized carbons (Fsp3) is 0.529. The first kappa shape index (κ1) is 15.6. The molecule has 2 N–H and O–H groups in total. The maximum Gasteiger partial charge on any atom is 0.407 e. The van der Waals surface area contributed by atoms with E-state index < -0.39 is 5.60 Å². The van der Waals surface area contributed by atoms with Gasteiger partial charge < -0.3 is 19.9 Å². The Morgan fingerprint density at radius 1 is 1.39 bits per heavy atom. The first-order chi connectivity index (χ1) is 10.9. The van der Waals surface area contributed by atoms with Crippen LogP contribution in [0.1, 0.15) is 33.6 Å². The van der Waals surface area contributed by atoms with Crippen molar-refractivity contribution in [1.82, 2.24) is 15.3 Å². The molecule has 0 saturated carbocycles. The zero-order valence-corrected chi connectivity index (χ0v) is 13.9. The summed E-state index contributed by atoms with van der Waals surface area (Å²) in [4.78, 5) is 22.1. The zero-order chi connectivity index (χ0) is 16.4. The predicted octanol–water partition coefficient (Wildman–Crippen LogP) is 3.06. The third-order valence-electron chi connectivity index (χ3n) is 3.82. The maximum atomic E-state index is 11.9. The van der Waals surface area contributed by atoms with E-state index in [9.17, 15) is 4.79 Å². The van der Waals surface area contributed by atoms with Gasteiger partial charge in [0.05, 0.1) is 11.0 Å². The minimum absolute atomic E-state index is 0.0758. The third kappa shape index (κ3) is 3.94. The van der Waals surface area contributed by atoms with Gasteiger partial charge in [-0.05, 0) is 45.7 Å². The van der Waals surface area contributed by atoms with Gasteiger partial charge in [0.15, 0.2) is 0 Å². The highest BCUT2D eigenvalue weighted by Crippen LogP contribution is 2.21. The Kier molecular flexibility index (Phi) is 4.15. The SMILES string of the molecule is CC(C)(C)OC(=O)N[C@@H]1CCCN(c2nc3ccccc3[nH]2)C1. The van der Waals surface area contributed by atoms with Crippen LogP contribution in [-0.2, 0) is 4.74 Å². The number of aromatic nitrogens is 2. The van der Waals surface area contributed by atoms with Crippen molar-refractivity contribution in [3.63, 3.8) is 0 Å². The Morgan fingerprint density at radius 3 is 2.91 bits per heavy atom. The van der Waals surface area contributed by atoms with Gasteiger partial charge in [-0.2, -0.15) is 0 Å². The van der Waals surface area contributed by atoms with E-state index in [0.717, 1.165) is 42.9 Å². The molecule has 0 unspecified atom stereocenters. The average Bonchev–Trinajstić information content (AvgIpc) is 2.89. The van der Waals surface area contributed by atoms with Crippen LogP contribution in [0, 0.1) is 0 Å². The summed E-state index contributed by atoms with van der Waals surface area (Å²) in [6.45, 7) is 7.28. The van der Waals surface area contributed by atoms with E-state index in [0.29, 0.717) is 0 Å². The lowest BCUT2D eigenvalue weighted by atomic mass is 10.1. The van der Waals surface area contributed by atoms with Gasteiger partial charge in [0, 0.05) is 19.1 Å². The summed E-state index contributed by atoms with van der Waals surface area (Å²) >= 11 is 0. The summed E-state index contributed by atoms with van der Waals surface area (Å²) in [7, 11) is 0. The van der Waals surface area contributed by atoms with Gasteiger partial charge in [-0.1, -0.05) is 12.1 Å². The molecule has 0 spiro atoms. The first-order valence-electron chi connectivity index (χ1n) is 8.10. The van der Waals surface area contributed by atoms with Gasteiger partial charge in [0.1, 0.15) is 5.60 Å². The molecule has 1 atom stereocenters. The van der Waals surface area contributed by atoms with Crippen molar-refractivity contribution in [3.05, 3.63) is 24.3 Å². The Labute approximate surface area is 136 Å². The molecule has 1 aromatic heterocycles. The van der Waals surface area contributed by atoms with E-state index in [-0.39, 0.29) is 12.1 Å². The van der Waals surface area contributed by atoms with Crippen molar-refractivity contribution >= 4 is 23.1 Å². The molecular formula is C17H24N4O2. The second-order valence-electron chi connectivity index (χ2n) is 7.01. The Balaban J connectivity index is 1.65. The number of hydrogen-bond acceptors (Lipinski definition) is 4. The average molecular weight is 316 g/mol. The van der Waals surface area contributed by atoms with Crippen LogP contribution in [0.3, 0.4) is 0 Å². The van der Waals surface area contributed by atoms with Crippen LogP contribution in [0.15, 0.2) is 24.3 Å². The Bertz CT molecular complexity index is 656. The molecule has 1 aliphatic heterocycles. The summed E-state index contributed by atoms with van der Waals surface area (Å²) < 4.78 is 5.34. The molecule has 6 heteroatoms. The largest absolute Gasteiger partial charge is 0.444 e. The number of benzene rings is 1. The lowest BCUT2D eigenvalue weighted by Gasteiger charge is -2.33. The number of H-pyrrole nitrogens is 1. The molecule has 1 amide bonds. The van der Waals surface area contributed by atoms with Crippen LogP contribution < -0.4 is 10.2 Å². The van der Waals surface area contributed by atoms with Crippen LogP contribution in [0.25, 0.3) is 11.0 Å². The number of fused-ring (bicyclic) bond motifs is 1. The molecule has 23 heavy (non-hydrogen) atoms. The number of anilines is 1. The highest BCUT2D eigenvalue weighted by molar-refractivity contribution is 5.77. The minimum Gasteiger partial charge on any atom is -0.444 e. The molecule has 0 radical (unpaired) electrons. The monoisotopic (exact) mass is 316 g/mol. The summed E-state index contributed by atoms with van der Waals surface area (Å²) in [6.07, 6.45) is 1.61. The highest BCUT2D eigenvalue weighted by atomic mass is 16.6. The number of carbonyl (C=O) groups excluding carboxylic acids is 1. The van der Waals surface area contributed by atoms with Gasteiger partial charge >= 0.3 is 6.09 Å². The number of rotatable bonds is 2. The van der Waals surface area contributed by atoms with E-state index in [1.54, 1.807) is 0 Å². The van der Waals surface area contributed by atoms with E-state index in [4.69, 9.17) is 4.74 Å². The van der Waals surface area contributed by atoms with Crippen LogP contribution >= 0.6 is 0 Å². The van der Waals surface area contributed by atoms with Gasteiger partial charge in [-0.15, -0.1) is 0 Å². The van der Waals surface area contributed by atoms with Crippen LogP contribution in [0.2, 0.25) is 0 Å². The third-order valence-corrected chi connectivity index (χ3v) is 3.82. The lowest BCUT2D eigenvalue weighted by Crippen LogP contribution is -2.49. The molecule has 1 aliphatic rings. The fourth-order valence-corrected chi connectivity index (χ4v) is 2.85. The van der Waals surface area contributed by atoms with Gasteiger partial charge in [-0.25, -0.2) is 9.78 Å². The minimum atomic E-state index is -0.475. The van der Waals surface area contributed by atoms with Crippen LogP contribution in [-0.4, -0.2) is 40.8 Å². The maximum absolute atomic E-state index is 11.9. The number of imidazole rings is 1. The molecule has 3 rings (SSSR count). The number of para-hydroxylation sites is 2. The second-order valence-corrected chi connectivity index (χ2v) is 7.01. The predicted molar refractivity (Wildman–Crippen MR) is 90.7 cm³/mol.